The number of hydrogen-bond acceptors (Lipinski definition) is 3. The Balaban J connectivity index is 2.47. The summed E-state index contributed by atoms with van der Waals surface area (Å²) in [6.07, 6.45) is 2.04. The van der Waals surface area contributed by atoms with Crippen LogP contribution in [0.3, 0.4) is 0 Å². The van der Waals surface area contributed by atoms with Crippen LogP contribution in [0, 0.1) is 0 Å². The Kier molecular flexibility index (Phi) is 6.22. The van der Waals surface area contributed by atoms with Crippen LogP contribution in [0.4, 0.5) is 0 Å². The van der Waals surface area contributed by atoms with E-state index in [2.05, 4.69) is 41.9 Å². The Morgan fingerprint density at radius 2 is 2.24 bits per heavy atom. The first-order chi connectivity index (χ1) is 8.21. The number of ether oxygens (including phenoxy) is 1. The molecule has 4 nitrogen and oxygen atoms in total. The zero-order chi connectivity index (χ0) is 12.7. The number of aromatic nitrogens is 2. The highest BCUT2D eigenvalue weighted by atomic mass is 16.5. The Labute approximate surface area is 104 Å². The molecule has 0 aliphatic rings. The molecule has 0 saturated heterocycles. The highest BCUT2D eigenvalue weighted by Crippen LogP contribution is 2.06. The second-order valence-corrected chi connectivity index (χ2v) is 4.36. The predicted octanol–water partition coefficient (Wildman–Crippen LogP) is 1.98. The molecule has 17 heavy (non-hydrogen) atoms. The van der Waals surface area contributed by atoms with E-state index in [4.69, 9.17) is 4.74 Å². The molecule has 0 radical (unpaired) electrons. The Hall–Kier alpha value is -0.870. The normalized spacial score (nSPS) is 12.9. The molecule has 0 fully saturated rings. The van der Waals surface area contributed by atoms with Crippen molar-refractivity contribution in [3.63, 3.8) is 0 Å². The van der Waals surface area contributed by atoms with E-state index < -0.39 is 0 Å². The standard InChI is InChI=1S/C13H25N3O/c1-5-12-9-13(16(6-2)15-12)10-14-11(3)7-8-17-4/h9,11,14H,5-8,10H2,1-4H3. The molecule has 1 aromatic rings. The van der Waals surface area contributed by atoms with Gasteiger partial charge < -0.3 is 10.1 Å². The van der Waals surface area contributed by atoms with E-state index in [-0.39, 0.29) is 0 Å². The molecule has 0 aliphatic carbocycles. The summed E-state index contributed by atoms with van der Waals surface area (Å²) in [6.45, 7) is 9.08. The maximum atomic E-state index is 5.07. The van der Waals surface area contributed by atoms with Gasteiger partial charge in [-0.05, 0) is 32.8 Å². The van der Waals surface area contributed by atoms with Crippen LogP contribution in [0.5, 0.6) is 0 Å². The van der Waals surface area contributed by atoms with E-state index in [1.54, 1.807) is 7.11 Å². The van der Waals surface area contributed by atoms with Crippen LogP contribution >= 0.6 is 0 Å². The summed E-state index contributed by atoms with van der Waals surface area (Å²) in [5, 5.41) is 8.04. The van der Waals surface area contributed by atoms with Crippen molar-refractivity contribution in [3.05, 3.63) is 17.5 Å². The minimum atomic E-state index is 0.472. The van der Waals surface area contributed by atoms with E-state index in [1.165, 1.54) is 11.4 Å². The first-order valence-corrected chi connectivity index (χ1v) is 6.49. The van der Waals surface area contributed by atoms with Crippen LogP contribution in [0.15, 0.2) is 6.07 Å². The topological polar surface area (TPSA) is 39.1 Å². The Morgan fingerprint density at radius 1 is 1.47 bits per heavy atom. The van der Waals surface area contributed by atoms with Gasteiger partial charge in [-0.3, -0.25) is 4.68 Å². The van der Waals surface area contributed by atoms with Crippen molar-refractivity contribution in [3.8, 4) is 0 Å². The minimum absolute atomic E-state index is 0.472. The highest BCUT2D eigenvalue weighted by molar-refractivity contribution is 5.10. The van der Waals surface area contributed by atoms with Gasteiger partial charge in [-0.1, -0.05) is 6.92 Å². The molecule has 1 unspecified atom stereocenters. The van der Waals surface area contributed by atoms with Crippen molar-refractivity contribution >= 4 is 0 Å². The number of aryl methyl sites for hydroxylation is 2. The summed E-state index contributed by atoms with van der Waals surface area (Å²) in [5.41, 5.74) is 2.45. The second-order valence-electron chi connectivity index (χ2n) is 4.36. The summed E-state index contributed by atoms with van der Waals surface area (Å²) in [6, 6.07) is 2.67. The van der Waals surface area contributed by atoms with Gasteiger partial charge in [0.05, 0.1) is 11.4 Å². The van der Waals surface area contributed by atoms with Gasteiger partial charge in [0.2, 0.25) is 0 Å². The summed E-state index contributed by atoms with van der Waals surface area (Å²) >= 11 is 0. The van der Waals surface area contributed by atoms with Gasteiger partial charge >= 0.3 is 0 Å². The number of rotatable bonds is 8. The minimum Gasteiger partial charge on any atom is -0.385 e. The van der Waals surface area contributed by atoms with Crippen LogP contribution < -0.4 is 5.32 Å². The SMILES string of the molecule is CCc1cc(CNC(C)CCOC)n(CC)n1. The highest BCUT2D eigenvalue weighted by Gasteiger charge is 2.07. The van der Waals surface area contributed by atoms with E-state index in [9.17, 15) is 0 Å². The zero-order valence-corrected chi connectivity index (χ0v) is 11.5. The molecular formula is C13H25N3O. The van der Waals surface area contributed by atoms with Crippen molar-refractivity contribution in [1.82, 2.24) is 15.1 Å². The third kappa shape index (κ3) is 4.48. The van der Waals surface area contributed by atoms with Crippen LogP contribution in [0.2, 0.25) is 0 Å². The van der Waals surface area contributed by atoms with Crippen LogP contribution in [0.25, 0.3) is 0 Å². The number of nitrogens with one attached hydrogen (secondary N) is 1. The molecule has 4 heteroatoms. The van der Waals surface area contributed by atoms with Crippen LogP contribution in [-0.4, -0.2) is 29.5 Å². The molecule has 1 rings (SSSR count). The van der Waals surface area contributed by atoms with E-state index in [0.29, 0.717) is 6.04 Å². The maximum Gasteiger partial charge on any atom is 0.0625 e. The van der Waals surface area contributed by atoms with Crippen LogP contribution in [-0.2, 0) is 24.2 Å². The van der Waals surface area contributed by atoms with Gasteiger partial charge in [0, 0.05) is 32.8 Å². The lowest BCUT2D eigenvalue weighted by Crippen LogP contribution is -2.27. The quantitative estimate of drug-likeness (QED) is 0.754. The summed E-state index contributed by atoms with van der Waals surface area (Å²) in [4.78, 5) is 0. The molecule has 0 amide bonds. The van der Waals surface area contributed by atoms with Crippen molar-refractivity contribution < 1.29 is 4.74 Å². The maximum absolute atomic E-state index is 5.07. The van der Waals surface area contributed by atoms with Crippen molar-refractivity contribution in [2.45, 2.75) is 52.7 Å². The monoisotopic (exact) mass is 239 g/mol. The fourth-order valence-corrected chi connectivity index (χ4v) is 1.78. The summed E-state index contributed by atoms with van der Waals surface area (Å²) in [5.74, 6) is 0. The Morgan fingerprint density at radius 3 is 2.82 bits per heavy atom. The number of hydrogen-bond donors (Lipinski definition) is 1. The largest absolute Gasteiger partial charge is 0.385 e. The van der Waals surface area contributed by atoms with Crippen molar-refractivity contribution in [1.29, 1.82) is 0 Å². The lowest BCUT2D eigenvalue weighted by Gasteiger charge is -2.13. The lowest BCUT2D eigenvalue weighted by atomic mass is 10.2. The molecule has 0 saturated carbocycles. The van der Waals surface area contributed by atoms with Crippen LogP contribution in [0.1, 0.15) is 38.6 Å². The predicted molar refractivity (Wildman–Crippen MR) is 70.1 cm³/mol. The number of nitrogens with zero attached hydrogens (tertiary/aromatic N) is 2. The molecule has 1 N–H and O–H groups in total. The van der Waals surface area contributed by atoms with Gasteiger partial charge in [0.15, 0.2) is 0 Å². The molecule has 0 bridgehead atoms. The fraction of sp³-hybridized carbons (Fsp3) is 0.769. The molecular weight excluding hydrogens is 214 g/mol. The molecule has 1 aromatic heterocycles. The average Bonchev–Trinajstić information content (AvgIpc) is 2.76. The van der Waals surface area contributed by atoms with E-state index in [1.807, 2.05) is 0 Å². The van der Waals surface area contributed by atoms with Crippen molar-refractivity contribution in [2.24, 2.45) is 0 Å². The average molecular weight is 239 g/mol. The number of methoxy groups -OCH3 is 1. The van der Waals surface area contributed by atoms with E-state index in [0.717, 1.165) is 32.5 Å². The molecule has 98 valence electrons. The lowest BCUT2D eigenvalue weighted by molar-refractivity contribution is 0.184. The summed E-state index contributed by atoms with van der Waals surface area (Å²) < 4.78 is 7.15. The summed E-state index contributed by atoms with van der Waals surface area (Å²) in [7, 11) is 1.74. The third-order valence-corrected chi connectivity index (χ3v) is 2.96. The van der Waals surface area contributed by atoms with Gasteiger partial charge in [-0.15, -0.1) is 0 Å². The first kappa shape index (κ1) is 14.2. The first-order valence-electron chi connectivity index (χ1n) is 6.49. The van der Waals surface area contributed by atoms with Crippen molar-refractivity contribution in [2.75, 3.05) is 13.7 Å². The van der Waals surface area contributed by atoms with E-state index >= 15 is 0 Å². The second kappa shape index (κ2) is 7.45. The molecule has 0 aliphatic heterocycles. The van der Waals surface area contributed by atoms with Gasteiger partial charge in [-0.2, -0.15) is 5.10 Å². The van der Waals surface area contributed by atoms with Gasteiger partial charge in [0.1, 0.15) is 0 Å². The molecule has 1 heterocycles. The molecule has 1 atom stereocenters. The zero-order valence-electron chi connectivity index (χ0n) is 11.5. The van der Waals surface area contributed by atoms with Gasteiger partial charge in [-0.25, -0.2) is 0 Å². The molecule has 0 spiro atoms. The Bertz CT molecular complexity index is 322. The van der Waals surface area contributed by atoms with Gasteiger partial charge in [0.25, 0.3) is 0 Å². The third-order valence-electron chi connectivity index (χ3n) is 2.96. The fourth-order valence-electron chi connectivity index (χ4n) is 1.78. The molecule has 0 aromatic carbocycles. The smallest absolute Gasteiger partial charge is 0.0625 e.